The molecule has 4 nitrogen and oxygen atoms in total. The molecule has 0 aliphatic carbocycles. The fraction of sp³-hybridized carbons (Fsp3) is 0.100. The number of halogens is 1. The third kappa shape index (κ3) is 1.46. The van der Waals surface area contributed by atoms with Gasteiger partial charge in [0, 0.05) is 17.1 Å². The zero-order valence-corrected chi connectivity index (χ0v) is 7.57. The maximum atomic E-state index is 13.7. The van der Waals surface area contributed by atoms with E-state index >= 15 is 0 Å². The predicted molar refractivity (Wildman–Crippen MR) is 50.9 cm³/mol. The number of carbonyl (C=O) groups is 1. The number of rotatable bonds is 2. The molecule has 1 aromatic carbocycles. The van der Waals surface area contributed by atoms with Gasteiger partial charge in [-0.25, -0.2) is 9.18 Å². The summed E-state index contributed by atoms with van der Waals surface area (Å²) in [6, 6.07) is 4.48. The highest BCUT2D eigenvalue weighted by molar-refractivity contribution is 5.83. The third-order valence-corrected chi connectivity index (χ3v) is 2.22. The molecule has 0 spiro atoms. The van der Waals surface area contributed by atoms with E-state index in [1.807, 2.05) is 0 Å². The number of nitrogens with one attached hydrogen (secondary N) is 1. The fourth-order valence-electron chi connectivity index (χ4n) is 1.45. The van der Waals surface area contributed by atoms with Crippen LogP contribution in [0.4, 0.5) is 4.39 Å². The summed E-state index contributed by atoms with van der Waals surface area (Å²) in [5, 5.41) is 18.4. The van der Waals surface area contributed by atoms with Crippen molar-refractivity contribution in [2.24, 2.45) is 0 Å². The van der Waals surface area contributed by atoms with Crippen LogP contribution in [0.3, 0.4) is 0 Å². The molecule has 0 amide bonds. The van der Waals surface area contributed by atoms with E-state index in [2.05, 4.69) is 4.98 Å². The maximum absolute atomic E-state index is 13.7. The molecule has 0 aliphatic rings. The van der Waals surface area contributed by atoms with E-state index < -0.39 is 17.9 Å². The van der Waals surface area contributed by atoms with Crippen LogP contribution in [0.5, 0.6) is 0 Å². The van der Waals surface area contributed by atoms with Crippen molar-refractivity contribution in [2.75, 3.05) is 0 Å². The summed E-state index contributed by atoms with van der Waals surface area (Å²) in [5.74, 6) is -2.20. The second-order valence-electron chi connectivity index (χ2n) is 3.15. The molecule has 0 bridgehead atoms. The lowest BCUT2D eigenvalue weighted by atomic mass is 10.1. The van der Waals surface area contributed by atoms with Gasteiger partial charge in [0.15, 0.2) is 11.9 Å². The molecule has 0 aliphatic heterocycles. The minimum absolute atomic E-state index is 0.202. The Morgan fingerprint density at radius 3 is 2.80 bits per heavy atom. The lowest BCUT2D eigenvalue weighted by molar-refractivity contribution is -0.147. The van der Waals surface area contributed by atoms with E-state index in [-0.39, 0.29) is 11.1 Å². The molecular weight excluding hydrogens is 201 g/mol. The molecule has 1 unspecified atom stereocenters. The number of aromatic nitrogens is 1. The second kappa shape index (κ2) is 3.36. The van der Waals surface area contributed by atoms with Gasteiger partial charge in [0.2, 0.25) is 0 Å². The van der Waals surface area contributed by atoms with E-state index in [4.69, 9.17) is 5.11 Å². The molecule has 1 aromatic heterocycles. The second-order valence-corrected chi connectivity index (χ2v) is 3.15. The molecule has 15 heavy (non-hydrogen) atoms. The van der Waals surface area contributed by atoms with Gasteiger partial charge in [-0.3, -0.25) is 0 Å². The van der Waals surface area contributed by atoms with Crippen molar-refractivity contribution in [3.8, 4) is 0 Å². The molecule has 1 atom stereocenters. The number of hydrogen-bond acceptors (Lipinski definition) is 2. The minimum atomic E-state index is -1.84. The number of H-pyrrole nitrogens is 1. The van der Waals surface area contributed by atoms with Crippen LogP contribution in [0.15, 0.2) is 24.4 Å². The van der Waals surface area contributed by atoms with Crippen LogP contribution >= 0.6 is 0 Å². The minimum Gasteiger partial charge on any atom is -0.479 e. The van der Waals surface area contributed by atoms with Gasteiger partial charge in [0.1, 0.15) is 0 Å². The van der Waals surface area contributed by atoms with E-state index in [1.165, 1.54) is 6.07 Å². The van der Waals surface area contributed by atoms with Gasteiger partial charge in [-0.1, -0.05) is 12.1 Å². The highest BCUT2D eigenvalue weighted by atomic mass is 19.1. The Hall–Kier alpha value is -1.88. The van der Waals surface area contributed by atoms with Gasteiger partial charge in [-0.15, -0.1) is 0 Å². The first-order chi connectivity index (χ1) is 7.11. The van der Waals surface area contributed by atoms with Gasteiger partial charge in [-0.2, -0.15) is 0 Å². The lowest BCUT2D eigenvalue weighted by Gasteiger charge is -2.07. The molecule has 3 N–H and O–H groups in total. The summed E-state index contributed by atoms with van der Waals surface area (Å²) in [7, 11) is 0. The van der Waals surface area contributed by atoms with Crippen LogP contribution in [0.25, 0.3) is 10.9 Å². The highest BCUT2D eigenvalue weighted by Gasteiger charge is 2.21. The summed E-state index contributed by atoms with van der Waals surface area (Å²) in [6.45, 7) is 0. The van der Waals surface area contributed by atoms with Gasteiger partial charge in [0.25, 0.3) is 0 Å². The Morgan fingerprint density at radius 1 is 1.40 bits per heavy atom. The molecule has 0 radical (unpaired) electrons. The molecule has 0 saturated heterocycles. The summed E-state index contributed by atoms with van der Waals surface area (Å²) in [4.78, 5) is 13.1. The molecule has 5 heteroatoms. The predicted octanol–water partition coefficient (Wildman–Crippen LogP) is 1.42. The fourth-order valence-corrected chi connectivity index (χ4v) is 1.45. The Kier molecular flexibility index (Phi) is 2.17. The molecule has 0 saturated carbocycles. The number of hydrogen-bond donors (Lipinski definition) is 3. The van der Waals surface area contributed by atoms with Crippen LogP contribution < -0.4 is 0 Å². The van der Waals surface area contributed by atoms with Crippen molar-refractivity contribution in [2.45, 2.75) is 6.10 Å². The number of aliphatic hydroxyl groups is 1. The Morgan fingerprint density at radius 2 is 2.13 bits per heavy atom. The molecule has 0 fully saturated rings. The van der Waals surface area contributed by atoms with Crippen molar-refractivity contribution in [3.05, 3.63) is 35.8 Å². The average molecular weight is 209 g/mol. The SMILES string of the molecule is O=C(O)C(O)c1ccc2cc[nH]c2c1F. The number of benzene rings is 1. The summed E-state index contributed by atoms with van der Waals surface area (Å²) in [5.41, 5.74) is -0.0368. The first kappa shape index (κ1) is 9.67. The quantitative estimate of drug-likeness (QED) is 0.700. The summed E-state index contributed by atoms with van der Waals surface area (Å²) >= 11 is 0. The number of aromatic amines is 1. The Bertz CT molecular complexity index is 520. The highest BCUT2D eigenvalue weighted by Crippen LogP contribution is 2.24. The first-order valence-electron chi connectivity index (χ1n) is 4.27. The number of carboxylic acids is 1. The number of aliphatic carboxylic acids is 1. The van der Waals surface area contributed by atoms with Gasteiger partial charge < -0.3 is 15.2 Å². The Balaban J connectivity index is 2.62. The van der Waals surface area contributed by atoms with Crippen LogP contribution in [-0.2, 0) is 4.79 Å². The van der Waals surface area contributed by atoms with Crippen LogP contribution in [-0.4, -0.2) is 21.2 Å². The molecule has 78 valence electrons. The average Bonchev–Trinajstić information content (AvgIpc) is 2.66. The molecular formula is C10H8FNO3. The Labute approximate surface area is 84.0 Å². The van der Waals surface area contributed by atoms with Crippen LogP contribution in [0.2, 0.25) is 0 Å². The van der Waals surface area contributed by atoms with E-state index in [0.29, 0.717) is 5.39 Å². The number of carboxylic acid groups (broad SMARTS) is 1. The summed E-state index contributed by atoms with van der Waals surface area (Å²) < 4.78 is 13.7. The smallest absolute Gasteiger partial charge is 0.337 e. The standard InChI is InChI=1S/C10H8FNO3/c11-7-6(9(13)10(14)15)2-1-5-3-4-12-8(5)7/h1-4,9,12-13H,(H,14,15). The zero-order valence-electron chi connectivity index (χ0n) is 7.57. The van der Waals surface area contributed by atoms with Crippen molar-refractivity contribution in [1.82, 2.24) is 4.98 Å². The van der Waals surface area contributed by atoms with E-state index in [1.54, 1.807) is 18.3 Å². The summed E-state index contributed by atoms with van der Waals surface area (Å²) in [6.07, 6.45) is -0.289. The van der Waals surface area contributed by atoms with Gasteiger partial charge >= 0.3 is 5.97 Å². The largest absolute Gasteiger partial charge is 0.479 e. The normalized spacial score (nSPS) is 12.9. The number of fused-ring (bicyclic) bond motifs is 1. The molecule has 2 aromatic rings. The van der Waals surface area contributed by atoms with E-state index in [9.17, 15) is 14.3 Å². The monoisotopic (exact) mass is 209 g/mol. The lowest BCUT2D eigenvalue weighted by Crippen LogP contribution is -2.12. The van der Waals surface area contributed by atoms with Gasteiger partial charge in [0.05, 0.1) is 5.52 Å². The van der Waals surface area contributed by atoms with E-state index in [0.717, 1.165) is 0 Å². The first-order valence-corrected chi connectivity index (χ1v) is 4.27. The van der Waals surface area contributed by atoms with Crippen molar-refractivity contribution < 1.29 is 19.4 Å². The molecule has 1 heterocycles. The maximum Gasteiger partial charge on any atom is 0.337 e. The zero-order chi connectivity index (χ0) is 11.0. The van der Waals surface area contributed by atoms with Gasteiger partial charge in [-0.05, 0) is 6.07 Å². The van der Waals surface area contributed by atoms with Crippen molar-refractivity contribution >= 4 is 16.9 Å². The van der Waals surface area contributed by atoms with Crippen LogP contribution in [0, 0.1) is 5.82 Å². The number of aliphatic hydroxyl groups excluding tert-OH is 1. The molecule has 2 rings (SSSR count). The third-order valence-electron chi connectivity index (χ3n) is 2.22. The topological polar surface area (TPSA) is 73.3 Å². The van der Waals surface area contributed by atoms with Crippen molar-refractivity contribution in [3.63, 3.8) is 0 Å². The van der Waals surface area contributed by atoms with Crippen molar-refractivity contribution in [1.29, 1.82) is 0 Å². The van der Waals surface area contributed by atoms with Crippen LogP contribution in [0.1, 0.15) is 11.7 Å².